The van der Waals surface area contributed by atoms with Gasteiger partial charge < -0.3 is 5.11 Å². The number of halogens is 4. The predicted molar refractivity (Wildman–Crippen MR) is 79.5 cm³/mol. The van der Waals surface area contributed by atoms with Gasteiger partial charge in [0.2, 0.25) is 0 Å². The summed E-state index contributed by atoms with van der Waals surface area (Å²) < 4.78 is 50.8. The molecule has 0 unspecified atom stereocenters. The Hall–Kier alpha value is -2.48. The summed E-state index contributed by atoms with van der Waals surface area (Å²) in [5, 5.41) is 11.5. The molecule has 0 saturated heterocycles. The smallest absolute Gasteiger partial charge is 0.455 e. The molecule has 0 bridgehead atoms. The second-order valence-electron chi connectivity index (χ2n) is 4.30. The van der Waals surface area contributed by atoms with E-state index in [0.717, 1.165) is 23.5 Å². The maximum Gasteiger partial charge on any atom is 0.455 e. The van der Waals surface area contributed by atoms with Gasteiger partial charge in [0, 0.05) is 6.21 Å². The monoisotopic (exact) mass is 343 g/mol. The van der Waals surface area contributed by atoms with Gasteiger partial charge in [0.15, 0.2) is 0 Å². The van der Waals surface area contributed by atoms with Gasteiger partial charge in [0.1, 0.15) is 11.6 Å². The number of carbonyl (C=O) groups is 1. The number of nitrogens with zero attached hydrogens (tertiary/aromatic N) is 1. The van der Waals surface area contributed by atoms with E-state index in [9.17, 15) is 27.5 Å². The minimum absolute atomic E-state index is 0.100. The summed E-state index contributed by atoms with van der Waals surface area (Å²) >= 11 is 0.972. The van der Waals surface area contributed by atoms with Gasteiger partial charge in [0.25, 0.3) is 5.78 Å². The molecular formula is C15H9F4NO2S. The van der Waals surface area contributed by atoms with Crippen LogP contribution in [0.2, 0.25) is 0 Å². The van der Waals surface area contributed by atoms with Crippen LogP contribution in [0.4, 0.5) is 23.2 Å². The lowest BCUT2D eigenvalue weighted by Gasteiger charge is -2.07. The van der Waals surface area contributed by atoms with Crippen LogP contribution in [0.25, 0.3) is 5.76 Å². The minimum atomic E-state index is -5.16. The molecule has 1 aromatic heterocycles. The van der Waals surface area contributed by atoms with E-state index in [1.165, 1.54) is 24.3 Å². The third-order valence-corrected chi connectivity index (χ3v) is 3.56. The van der Waals surface area contributed by atoms with Gasteiger partial charge in [-0.05, 0) is 35.7 Å². The number of Topliss-reactive ketones (excluding diaryl/α,β-unsaturated/α-hetero) is 1. The number of aliphatic imine (C=N–C) groups is 1. The number of aliphatic hydroxyl groups is 1. The van der Waals surface area contributed by atoms with Crippen molar-refractivity contribution in [3.63, 3.8) is 0 Å². The molecular weight excluding hydrogens is 334 g/mol. The zero-order valence-electron chi connectivity index (χ0n) is 11.3. The largest absolute Gasteiger partial charge is 0.506 e. The normalized spacial score (nSPS) is 13.2. The van der Waals surface area contributed by atoms with Crippen molar-refractivity contribution in [2.24, 2.45) is 4.99 Å². The molecule has 0 amide bonds. The molecule has 120 valence electrons. The zero-order chi connectivity index (χ0) is 17.0. The molecule has 0 saturated carbocycles. The molecule has 0 radical (unpaired) electrons. The first-order chi connectivity index (χ1) is 10.8. The van der Waals surface area contributed by atoms with Crippen LogP contribution < -0.4 is 0 Å². The average molecular weight is 343 g/mol. The van der Waals surface area contributed by atoms with E-state index < -0.39 is 29.1 Å². The summed E-state index contributed by atoms with van der Waals surface area (Å²) in [6.45, 7) is 0. The van der Waals surface area contributed by atoms with Crippen LogP contribution in [-0.4, -0.2) is 23.3 Å². The quantitative estimate of drug-likeness (QED) is 0.379. The number of ketones is 1. The van der Waals surface area contributed by atoms with Gasteiger partial charge in [-0.3, -0.25) is 9.79 Å². The zero-order valence-corrected chi connectivity index (χ0v) is 12.2. The van der Waals surface area contributed by atoms with Crippen molar-refractivity contribution in [1.82, 2.24) is 0 Å². The number of rotatable bonds is 4. The van der Waals surface area contributed by atoms with E-state index in [-0.39, 0.29) is 10.6 Å². The van der Waals surface area contributed by atoms with Crippen molar-refractivity contribution in [1.29, 1.82) is 0 Å². The number of carbonyl (C=O) groups excluding carboxylic acids is 1. The number of hydrogen-bond acceptors (Lipinski definition) is 4. The number of benzene rings is 1. The Labute approximate surface area is 132 Å². The second kappa shape index (κ2) is 6.74. The van der Waals surface area contributed by atoms with E-state index in [4.69, 9.17) is 0 Å². The van der Waals surface area contributed by atoms with E-state index in [2.05, 4.69) is 4.99 Å². The molecule has 0 spiro atoms. The first-order valence-electron chi connectivity index (χ1n) is 6.17. The molecule has 0 aliphatic carbocycles. The van der Waals surface area contributed by atoms with Gasteiger partial charge >= 0.3 is 6.18 Å². The van der Waals surface area contributed by atoms with Crippen molar-refractivity contribution < 1.29 is 27.5 Å². The summed E-state index contributed by atoms with van der Waals surface area (Å²) in [6, 6.07) is 7.48. The van der Waals surface area contributed by atoms with Crippen LogP contribution in [0.15, 0.2) is 52.3 Å². The van der Waals surface area contributed by atoms with Crippen LogP contribution in [0.1, 0.15) is 4.88 Å². The third-order valence-electron chi connectivity index (χ3n) is 2.68. The molecule has 23 heavy (non-hydrogen) atoms. The second-order valence-corrected chi connectivity index (χ2v) is 5.25. The first kappa shape index (κ1) is 16.9. The number of aliphatic hydroxyl groups excluding tert-OH is 1. The molecule has 0 aliphatic rings. The van der Waals surface area contributed by atoms with E-state index in [0.29, 0.717) is 6.21 Å². The van der Waals surface area contributed by atoms with Gasteiger partial charge in [0.05, 0.1) is 16.1 Å². The van der Waals surface area contributed by atoms with Gasteiger partial charge in [-0.2, -0.15) is 13.2 Å². The lowest BCUT2D eigenvalue weighted by Crippen LogP contribution is -2.26. The molecule has 0 atom stereocenters. The maximum absolute atomic E-state index is 12.8. The number of hydrogen-bond donors (Lipinski definition) is 1. The Morgan fingerprint density at radius 3 is 2.35 bits per heavy atom. The van der Waals surface area contributed by atoms with Crippen LogP contribution >= 0.6 is 11.3 Å². The highest BCUT2D eigenvalue weighted by Gasteiger charge is 2.41. The highest BCUT2D eigenvalue weighted by molar-refractivity contribution is 7.11. The van der Waals surface area contributed by atoms with Crippen molar-refractivity contribution in [2.45, 2.75) is 6.18 Å². The lowest BCUT2D eigenvalue weighted by atomic mass is 10.1. The Morgan fingerprint density at radius 1 is 1.17 bits per heavy atom. The SMILES string of the molecule is O=C(/C(C=Nc1ccc(F)cc1)=C(\O)c1cccs1)C(F)(F)F. The van der Waals surface area contributed by atoms with Crippen LogP contribution in [0, 0.1) is 5.82 Å². The highest BCUT2D eigenvalue weighted by atomic mass is 32.1. The lowest BCUT2D eigenvalue weighted by molar-refractivity contribution is -0.165. The van der Waals surface area contributed by atoms with Crippen LogP contribution in [-0.2, 0) is 4.79 Å². The predicted octanol–water partition coefficient (Wildman–Crippen LogP) is 4.69. The first-order valence-corrected chi connectivity index (χ1v) is 7.05. The summed E-state index contributed by atoms with van der Waals surface area (Å²) in [7, 11) is 0. The third kappa shape index (κ3) is 4.26. The topological polar surface area (TPSA) is 49.7 Å². The minimum Gasteiger partial charge on any atom is -0.506 e. The fourth-order valence-corrected chi connectivity index (χ4v) is 2.27. The van der Waals surface area contributed by atoms with E-state index in [1.807, 2.05) is 0 Å². The summed E-state index contributed by atoms with van der Waals surface area (Å²) in [6.07, 6.45) is -4.53. The van der Waals surface area contributed by atoms with E-state index in [1.54, 1.807) is 5.38 Å². The number of allylic oxidation sites excluding steroid dienone is 1. The summed E-state index contributed by atoms with van der Waals surface area (Å²) in [5.74, 6) is -3.56. The number of alkyl halides is 3. The Morgan fingerprint density at radius 2 is 1.83 bits per heavy atom. The summed E-state index contributed by atoms with van der Waals surface area (Å²) in [4.78, 5) is 15.3. The van der Waals surface area contributed by atoms with Crippen molar-refractivity contribution in [2.75, 3.05) is 0 Å². The van der Waals surface area contributed by atoms with E-state index >= 15 is 0 Å². The van der Waals surface area contributed by atoms with Crippen LogP contribution in [0.5, 0.6) is 0 Å². The molecule has 2 rings (SSSR count). The van der Waals surface area contributed by atoms with Crippen LogP contribution in [0.3, 0.4) is 0 Å². The van der Waals surface area contributed by atoms with Gasteiger partial charge in [-0.1, -0.05) is 6.07 Å². The van der Waals surface area contributed by atoms with Crippen molar-refractivity contribution >= 4 is 34.8 Å². The highest BCUT2D eigenvalue weighted by Crippen LogP contribution is 2.27. The Kier molecular flexibility index (Phi) is 4.95. The molecule has 3 nitrogen and oxygen atoms in total. The molecule has 1 heterocycles. The maximum atomic E-state index is 12.8. The molecule has 0 fully saturated rings. The Balaban J connectivity index is 2.44. The van der Waals surface area contributed by atoms with Gasteiger partial charge in [-0.15, -0.1) is 11.3 Å². The van der Waals surface area contributed by atoms with Crippen molar-refractivity contribution in [3.8, 4) is 0 Å². The summed E-state index contributed by atoms with van der Waals surface area (Å²) in [5.41, 5.74) is -0.845. The Bertz CT molecular complexity index is 747. The fraction of sp³-hybridized carbons (Fsp3) is 0.0667. The molecule has 1 aromatic carbocycles. The fourth-order valence-electron chi connectivity index (χ4n) is 1.59. The van der Waals surface area contributed by atoms with Gasteiger partial charge in [-0.25, -0.2) is 4.39 Å². The molecule has 2 aromatic rings. The standard InChI is InChI=1S/C15H9F4NO2S/c16-9-3-5-10(6-4-9)20-8-11(14(22)15(17,18)19)13(21)12-2-1-7-23-12/h1-8,21H/b13-11-,20-8?. The molecule has 0 aliphatic heterocycles. The molecule has 1 N–H and O–H groups in total. The number of thiophene rings is 1. The average Bonchev–Trinajstić information content (AvgIpc) is 3.02. The van der Waals surface area contributed by atoms with Crippen molar-refractivity contribution in [3.05, 3.63) is 58.0 Å². The molecule has 8 heteroatoms.